The van der Waals surface area contributed by atoms with Gasteiger partial charge in [-0.2, -0.15) is 13.2 Å². The molecule has 25 heavy (non-hydrogen) atoms. The minimum atomic E-state index is -4.47. The van der Waals surface area contributed by atoms with Crippen molar-refractivity contribution in [3.05, 3.63) is 58.1 Å². The lowest BCUT2D eigenvalue weighted by atomic mass is 10.1. The molecule has 2 N–H and O–H groups in total. The van der Waals surface area contributed by atoms with Gasteiger partial charge in [-0.1, -0.05) is 17.7 Å². The minimum Gasteiger partial charge on any atom is -0.318 e. The van der Waals surface area contributed by atoms with Gasteiger partial charge in [0.05, 0.1) is 16.3 Å². The number of amides is 2. The van der Waals surface area contributed by atoms with Gasteiger partial charge in [-0.3, -0.25) is 9.59 Å². The van der Waals surface area contributed by atoms with Crippen LogP contribution in [-0.2, 0) is 15.8 Å². The summed E-state index contributed by atoms with van der Waals surface area (Å²) in [6.07, 6.45) is -4.47. The fourth-order valence-electron chi connectivity index (χ4n) is 2.17. The summed E-state index contributed by atoms with van der Waals surface area (Å²) in [7, 11) is 0. The lowest BCUT2D eigenvalue weighted by molar-refractivity contribution is -0.137. The Kier molecular flexibility index (Phi) is 5.37. The number of carbonyl (C=O) groups is 2. The van der Waals surface area contributed by atoms with Crippen LogP contribution in [0.1, 0.15) is 16.7 Å². The molecule has 0 aliphatic rings. The van der Waals surface area contributed by atoms with Gasteiger partial charge in [0.1, 0.15) is 0 Å². The standard InChI is InChI=1S/C17H14ClF3N2O2/c1-9-7-10(2)14(13(18)8-9)23-16(25)15(24)22-12-5-3-11(4-6-12)17(19,20)21/h3-8H,1-2H3,(H,22,24)(H,23,25). The second-order valence-electron chi connectivity index (χ2n) is 5.42. The van der Waals surface area contributed by atoms with Crippen molar-refractivity contribution < 1.29 is 22.8 Å². The van der Waals surface area contributed by atoms with E-state index in [1.807, 2.05) is 6.92 Å². The first-order chi connectivity index (χ1) is 11.6. The molecule has 0 radical (unpaired) electrons. The second-order valence-corrected chi connectivity index (χ2v) is 5.83. The molecule has 0 unspecified atom stereocenters. The third-order valence-corrected chi connectivity index (χ3v) is 3.64. The number of carbonyl (C=O) groups excluding carboxylic acids is 2. The monoisotopic (exact) mass is 370 g/mol. The Morgan fingerprint density at radius 1 is 0.960 bits per heavy atom. The van der Waals surface area contributed by atoms with E-state index < -0.39 is 23.6 Å². The summed E-state index contributed by atoms with van der Waals surface area (Å²) < 4.78 is 37.5. The SMILES string of the molecule is Cc1cc(C)c(NC(=O)C(=O)Nc2ccc(C(F)(F)F)cc2)c(Cl)c1. The Morgan fingerprint density at radius 2 is 1.52 bits per heavy atom. The third kappa shape index (κ3) is 4.73. The molecule has 0 bridgehead atoms. The van der Waals surface area contributed by atoms with Crippen molar-refractivity contribution in [2.45, 2.75) is 20.0 Å². The Bertz CT molecular complexity index is 795. The van der Waals surface area contributed by atoms with Crippen LogP contribution >= 0.6 is 11.6 Å². The normalized spacial score (nSPS) is 11.1. The summed E-state index contributed by atoms with van der Waals surface area (Å²) in [5.74, 6) is -2.00. The summed E-state index contributed by atoms with van der Waals surface area (Å²) in [4.78, 5) is 23.9. The van der Waals surface area contributed by atoms with Crippen LogP contribution in [0.25, 0.3) is 0 Å². The second kappa shape index (κ2) is 7.14. The van der Waals surface area contributed by atoms with Crippen LogP contribution in [0.5, 0.6) is 0 Å². The van der Waals surface area contributed by atoms with Gasteiger partial charge in [-0.25, -0.2) is 0 Å². The summed E-state index contributed by atoms with van der Waals surface area (Å²) in [6.45, 7) is 3.56. The van der Waals surface area contributed by atoms with E-state index in [0.717, 1.165) is 29.8 Å². The largest absolute Gasteiger partial charge is 0.416 e. The number of halogens is 4. The van der Waals surface area contributed by atoms with Gasteiger partial charge in [0, 0.05) is 5.69 Å². The Morgan fingerprint density at radius 3 is 2.04 bits per heavy atom. The van der Waals surface area contributed by atoms with Crippen molar-refractivity contribution >= 4 is 34.8 Å². The Labute approximate surface area is 147 Å². The lowest BCUT2D eigenvalue weighted by Crippen LogP contribution is -2.29. The molecular weight excluding hydrogens is 357 g/mol. The average Bonchev–Trinajstić information content (AvgIpc) is 2.50. The quantitative estimate of drug-likeness (QED) is 0.762. The number of hydrogen-bond acceptors (Lipinski definition) is 2. The maximum atomic E-state index is 12.5. The van der Waals surface area contributed by atoms with Gasteiger partial charge < -0.3 is 10.6 Å². The predicted molar refractivity (Wildman–Crippen MR) is 89.6 cm³/mol. The summed E-state index contributed by atoms with van der Waals surface area (Å²) >= 11 is 6.05. The van der Waals surface area contributed by atoms with E-state index in [4.69, 9.17) is 11.6 Å². The third-order valence-electron chi connectivity index (χ3n) is 3.35. The number of benzene rings is 2. The molecule has 0 aliphatic carbocycles. The van der Waals surface area contributed by atoms with Crippen LogP contribution in [0.4, 0.5) is 24.5 Å². The minimum absolute atomic E-state index is 0.0693. The zero-order chi connectivity index (χ0) is 18.8. The van der Waals surface area contributed by atoms with E-state index in [-0.39, 0.29) is 10.7 Å². The molecule has 0 fully saturated rings. The highest BCUT2D eigenvalue weighted by Gasteiger charge is 2.30. The van der Waals surface area contributed by atoms with Crippen LogP contribution in [0.3, 0.4) is 0 Å². The number of nitrogens with one attached hydrogen (secondary N) is 2. The highest BCUT2D eigenvalue weighted by Crippen LogP contribution is 2.30. The fraction of sp³-hybridized carbons (Fsp3) is 0.176. The molecule has 132 valence electrons. The van der Waals surface area contributed by atoms with E-state index in [0.29, 0.717) is 11.3 Å². The van der Waals surface area contributed by atoms with E-state index in [2.05, 4.69) is 10.6 Å². The average molecular weight is 371 g/mol. The van der Waals surface area contributed by atoms with Crippen molar-refractivity contribution in [3.8, 4) is 0 Å². The van der Waals surface area contributed by atoms with Crippen LogP contribution in [-0.4, -0.2) is 11.8 Å². The molecule has 4 nitrogen and oxygen atoms in total. The molecule has 0 aromatic heterocycles. The van der Waals surface area contributed by atoms with Crippen molar-refractivity contribution in [2.24, 2.45) is 0 Å². The molecule has 2 amide bonds. The first kappa shape index (κ1) is 18.8. The highest BCUT2D eigenvalue weighted by molar-refractivity contribution is 6.45. The van der Waals surface area contributed by atoms with Gasteiger partial charge in [-0.05, 0) is 55.3 Å². The maximum absolute atomic E-state index is 12.5. The van der Waals surface area contributed by atoms with Gasteiger partial charge in [0.25, 0.3) is 0 Å². The first-order valence-electron chi connectivity index (χ1n) is 7.14. The van der Waals surface area contributed by atoms with Crippen LogP contribution in [0, 0.1) is 13.8 Å². The molecule has 0 saturated carbocycles. The van der Waals surface area contributed by atoms with E-state index in [1.54, 1.807) is 19.1 Å². The molecule has 8 heteroatoms. The molecule has 0 heterocycles. The lowest BCUT2D eigenvalue weighted by Gasteiger charge is -2.12. The molecule has 2 aromatic carbocycles. The fourth-order valence-corrected chi connectivity index (χ4v) is 2.54. The number of aryl methyl sites for hydroxylation is 2. The van der Waals surface area contributed by atoms with Crippen molar-refractivity contribution in [1.29, 1.82) is 0 Å². The molecule has 0 spiro atoms. The van der Waals surface area contributed by atoms with Crippen LogP contribution in [0.15, 0.2) is 36.4 Å². The zero-order valence-electron chi connectivity index (χ0n) is 13.3. The molecule has 0 saturated heterocycles. The van der Waals surface area contributed by atoms with Crippen LogP contribution in [0.2, 0.25) is 5.02 Å². The van der Waals surface area contributed by atoms with Crippen molar-refractivity contribution in [1.82, 2.24) is 0 Å². The number of rotatable bonds is 2. The smallest absolute Gasteiger partial charge is 0.318 e. The van der Waals surface area contributed by atoms with Gasteiger partial charge >= 0.3 is 18.0 Å². The van der Waals surface area contributed by atoms with Gasteiger partial charge in [0.15, 0.2) is 0 Å². The number of alkyl halides is 3. The summed E-state index contributed by atoms with van der Waals surface area (Å²) in [5.41, 5.74) is 1.10. The molecule has 0 aliphatic heterocycles. The zero-order valence-corrected chi connectivity index (χ0v) is 14.0. The van der Waals surface area contributed by atoms with Crippen molar-refractivity contribution in [2.75, 3.05) is 10.6 Å². The van der Waals surface area contributed by atoms with Gasteiger partial charge in [-0.15, -0.1) is 0 Å². The topological polar surface area (TPSA) is 58.2 Å². The maximum Gasteiger partial charge on any atom is 0.416 e. The molecular formula is C17H14ClF3N2O2. The molecule has 0 atom stereocenters. The van der Waals surface area contributed by atoms with E-state index in [1.165, 1.54) is 0 Å². The summed E-state index contributed by atoms with van der Waals surface area (Å²) in [5, 5.41) is 4.91. The number of anilines is 2. The predicted octanol–water partition coefficient (Wildman–Crippen LogP) is 4.55. The molecule has 2 rings (SSSR count). The van der Waals surface area contributed by atoms with Crippen molar-refractivity contribution in [3.63, 3.8) is 0 Å². The first-order valence-corrected chi connectivity index (χ1v) is 7.52. The Hall–Kier alpha value is -2.54. The molecule has 2 aromatic rings. The van der Waals surface area contributed by atoms with Crippen LogP contribution < -0.4 is 10.6 Å². The number of hydrogen-bond donors (Lipinski definition) is 2. The van der Waals surface area contributed by atoms with E-state index in [9.17, 15) is 22.8 Å². The summed E-state index contributed by atoms with van der Waals surface area (Å²) in [6, 6.07) is 7.19. The van der Waals surface area contributed by atoms with E-state index >= 15 is 0 Å². The Balaban J connectivity index is 2.07. The van der Waals surface area contributed by atoms with Gasteiger partial charge in [0.2, 0.25) is 0 Å². The highest BCUT2D eigenvalue weighted by atomic mass is 35.5.